The standard InChI is InChI=1S/C17H19N3O2/c21-13-6-9-20(17(10-13)7-3-8-17)16(22)15-14-5-2-1-4-12(14)11-18-19-15/h1-2,4-5,11,13,21H,3,6-10H2/t13-/m0/s1. The van der Waals surface area contributed by atoms with Crippen LogP contribution in [0.3, 0.4) is 0 Å². The lowest BCUT2D eigenvalue weighted by molar-refractivity contribution is -0.0486. The molecule has 1 saturated heterocycles. The maximum Gasteiger partial charge on any atom is 0.275 e. The predicted molar refractivity (Wildman–Crippen MR) is 82.4 cm³/mol. The molecular weight excluding hydrogens is 278 g/mol. The zero-order chi connectivity index (χ0) is 15.2. The fraction of sp³-hybridized carbons (Fsp3) is 0.471. The quantitative estimate of drug-likeness (QED) is 0.876. The van der Waals surface area contributed by atoms with Gasteiger partial charge in [-0.2, -0.15) is 5.10 Å². The number of piperidine rings is 1. The number of hydrogen-bond acceptors (Lipinski definition) is 4. The van der Waals surface area contributed by atoms with Crippen LogP contribution < -0.4 is 0 Å². The minimum Gasteiger partial charge on any atom is -0.393 e. The van der Waals surface area contributed by atoms with Crippen molar-refractivity contribution in [3.05, 3.63) is 36.2 Å². The average molecular weight is 297 g/mol. The van der Waals surface area contributed by atoms with Crippen molar-refractivity contribution in [3.8, 4) is 0 Å². The van der Waals surface area contributed by atoms with Gasteiger partial charge in [0.2, 0.25) is 0 Å². The van der Waals surface area contributed by atoms with E-state index in [9.17, 15) is 9.90 Å². The number of aliphatic hydroxyl groups excluding tert-OH is 1. The van der Waals surface area contributed by atoms with Crippen LogP contribution >= 0.6 is 0 Å². The maximum atomic E-state index is 13.1. The van der Waals surface area contributed by atoms with Crippen molar-refractivity contribution < 1.29 is 9.90 Å². The molecule has 2 fully saturated rings. The molecule has 1 N–H and O–H groups in total. The largest absolute Gasteiger partial charge is 0.393 e. The third-order valence-corrected chi connectivity index (χ3v) is 5.18. The van der Waals surface area contributed by atoms with Crippen LogP contribution in [-0.4, -0.2) is 44.3 Å². The van der Waals surface area contributed by atoms with E-state index < -0.39 is 0 Å². The van der Waals surface area contributed by atoms with Gasteiger partial charge in [0.1, 0.15) is 0 Å². The van der Waals surface area contributed by atoms with Gasteiger partial charge < -0.3 is 10.0 Å². The Morgan fingerprint density at radius 3 is 2.91 bits per heavy atom. The summed E-state index contributed by atoms with van der Waals surface area (Å²) in [5, 5.41) is 19.9. The molecule has 5 nitrogen and oxygen atoms in total. The molecule has 1 aliphatic carbocycles. The molecule has 0 unspecified atom stereocenters. The van der Waals surface area contributed by atoms with E-state index in [0.29, 0.717) is 25.1 Å². The van der Waals surface area contributed by atoms with Crippen LogP contribution in [-0.2, 0) is 0 Å². The van der Waals surface area contributed by atoms with Crippen LogP contribution in [0.15, 0.2) is 30.5 Å². The number of carbonyl (C=O) groups is 1. The number of likely N-dealkylation sites (tertiary alicyclic amines) is 1. The molecular formula is C17H19N3O2. The molecule has 2 heterocycles. The molecule has 0 radical (unpaired) electrons. The van der Waals surface area contributed by atoms with E-state index in [1.54, 1.807) is 6.20 Å². The first-order chi connectivity index (χ1) is 10.7. The van der Waals surface area contributed by atoms with Gasteiger partial charge in [-0.15, -0.1) is 5.10 Å². The van der Waals surface area contributed by atoms with Gasteiger partial charge in [0.25, 0.3) is 5.91 Å². The second-order valence-electron chi connectivity index (χ2n) is 6.46. The van der Waals surface area contributed by atoms with Gasteiger partial charge in [-0.05, 0) is 32.1 Å². The Morgan fingerprint density at radius 1 is 1.32 bits per heavy atom. The first-order valence-electron chi connectivity index (χ1n) is 7.90. The van der Waals surface area contributed by atoms with Gasteiger partial charge >= 0.3 is 0 Å². The summed E-state index contributed by atoms with van der Waals surface area (Å²) in [6, 6.07) is 7.71. The molecule has 2 aromatic rings. The third kappa shape index (κ3) is 2.00. The maximum absolute atomic E-state index is 13.1. The molecule has 1 aliphatic heterocycles. The van der Waals surface area contributed by atoms with E-state index >= 15 is 0 Å². The van der Waals surface area contributed by atoms with Crippen molar-refractivity contribution in [3.63, 3.8) is 0 Å². The van der Waals surface area contributed by atoms with Crippen molar-refractivity contribution >= 4 is 16.7 Å². The van der Waals surface area contributed by atoms with Crippen LogP contribution in [0.25, 0.3) is 10.8 Å². The topological polar surface area (TPSA) is 66.3 Å². The van der Waals surface area contributed by atoms with E-state index in [0.717, 1.165) is 30.0 Å². The summed E-state index contributed by atoms with van der Waals surface area (Å²) >= 11 is 0. The van der Waals surface area contributed by atoms with Crippen LogP contribution in [0, 0.1) is 0 Å². The summed E-state index contributed by atoms with van der Waals surface area (Å²) in [6.07, 6.45) is 5.82. The third-order valence-electron chi connectivity index (χ3n) is 5.18. The molecule has 22 heavy (non-hydrogen) atoms. The Balaban J connectivity index is 1.74. The number of amides is 1. The van der Waals surface area contributed by atoms with Gasteiger partial charge in [-0.25, -0.2) is 0 Å². The number of nitrogens with zero attached hydrogens (tertiary/aromatic N) is 3. The fourth-order valence-corrected chi connectivity index (χ4v) is 3.86. The van der Waals surface area contributed by atoms with Gasteiger partial charge in [-0.3, -0.25) is 4.79 Å². The summed E-state index contributed by atoms with van der Waals surface area (Å²) in [6.45, 7) is 0.602. The molecule has 1 amide bonds. The molecule has 5 heteroatoms. The number of rotatable bonds is 1. The lowest BCUT2D eigenvalue weighted by atomic mass is 9.69. The average Bonchev–Trinajstić information content (AvgIpc) is 2.52. The summed E-state index contributed by atoms with van der Waals surface area (Å²) in [5.41, 5.74) is 0.272. The molecule has 1 saturated carbocycles. The van der Waals surface area contributed by atoms with E-state index in [-0.39, 0.29) is 17.6 Å². The van der Waals surface area contributed by atoms with E-state index in [1.165, 1.54) is 0 Å². The Bertz CT molecular complexity index is 721. The first-order valence-corrected chi connectivity index (χ1v) is 7.90. The molecule has 1 aromatic heterocycles. The summed E-state index contributed by atoms with van der Waals surface area (Å²) in [5.74, 6) is -0.0455. The zero-order valence-corrected chi connectivity index (χ0v) is 12.4. The van der Waals surface area contributed by atoms with Crippen LogP contribution in [0.4, 0.5) is 0 Å². The van der Waals surface area contributed by atoms with Crippen LogP contribution in [0.2, 0.25) is 0 Å². The summed E-state index contributed by atoms with van der Waals surface area (Å²) < 4.78 is 0. The van der Waals surface area contributed by atoms with E-state index in [2.05, 4.69) is 10.2 Å². The van der Waals surface area contributed by atoms with Crippen molar-refractivity contribution in [2.24, 2.45) is 0 Å². The number of aromatic nitrogens is 2. The van der Waals surface area contributed by atoms with Gasteiger partial charge in [0.05, 0.1) is 12.3 Å². The number of carbonyl (C=O) groups excluding carboxylic acids is 1. The lowest BCUT2D eigenvalue weighted by Gasteiger charge is -2.54. The molecule has 1 atom stereocenters. The highest BCUT2D eigenvalue weighted by atomic mass is 16.3. The predicted octanol–water partition coefficient (Wildman–Crippen LogP) is 2.15. The molecule has 2 aliphatic rings. The number of fused-ring (bicyclic) bond motifs is 1. The molecule has 0 bridgehead atoms. The molecule has 1 aromatic carbocycles. The molecule has 1 spiro atoms. The van der Waals surface area contributed by atoms with Gasteiger partial charge in [0, 0.05) is 22.9 Å². The normalized spacial score (nSPS) is 23.5. The van der Waals surface area contributed by atoms with Crippen LogP contribution in [0.1, 0.15) is 42.6 Å². The number of benzene rings is 1. The summed E-state index contributed by atoms with van der Waals surface area (Å²) in [4.78, 5) is 15.0. The Hall–Kier alpha value is -2.01. The van der Waals surface area contributed by atoms with Crippen molar-refractivity contribution in [2.45, 2.75) is 43.7 Å². The van der Waals surface area contributed by atoms with E-state index in [4.69, 9.17) is 0 Å². The Labute approximate surface area is 129 Å². The first kappa shape index (κ1) is 13.6. The highest BCUT2D eigenvalue weighted by molar-refractivity contribution is 6.05. The highest BCUT2D eigenvalue weighted by Crippen LogP contribution is 2.45. The summed E-state index contributed by atoms with van der Waals surface area (Å²) in [7, 11) is 0. The second-order valence-corrected chi connectivity index (χ2v) is 6.46. The highest BCUT2D eigenvalue weighted by Gasteiger charge is 2.48. The second kappa shape index (κ2) is 5.02. The minimum atomic E-state index is -0.289. The fourth-order valence-electron chi connectivity index (χ4n) is 3.86. The van der Waals surface area contributed by atoms with Gasteiger partial charge in [-0.1, -0.05) is 24.3 Å². The Morgan fingerprint density at radius 2 is 2.14 bits per heavy atom. The minimum absolute atomic E-state index is 0.0455. The van der Waals surface area contributed by atoms with Crippen LogP contribution in [0.5, 0.6) is 0 Å². The number of aliphatic hydroxyl groups is 1. The van der Waals surface area contributed by atoms with Gasteiger partial charge in [0.15, 0.2) is 5.69 Å². The Kier molecular flexibility index (Phi) is 3.11. The lowest BCUT2D eigenvalue weighted by Crippen LogP contribution is -2.61. The number of hydrogen-bond donors (Lipinski definition) is 1. The zero-order valence-electron chi connectivity index (χ0n) is 12.4. The smallest absolute Gasteiger partial charge is 0.275 e. The van der Waals surface area contributed by atoms with Crippen molar-refractivity contribution in [1.82, 2.24) is 15.1 Å². The molecule has 4 rings (SSSR count). The monoisotopic (exact) mass is 297 g/mol. The molecule has 114 valence electrons. The van der Waals surface area contributed by atoms with Crippen molar-refractivity contribution in [1.29, 1.82) is 0 Å². The SMILES string of the molecule is O=C(c1nncc2ccccc12)N1CC[C@H](O)CC12CCC2. The van der Waals surface area contributed by atoms with Crippen molar-refractivity contribution in [2.75, 3.05) is 6.54 Å². The van der Waals surface area contributed by atoms with E-state index in [1.807, 2.05) is 29.2 Å².